The summed E-state index contributed by atoms with van der Waals surface area (Å²) in [6.45, 7) is 5.56. The molecule has 0 aliphatic rings. The second-order valence-electron chi connectivity index (χ2n) is 4.66. The summed E-state index contributed by atoms with van der Waals surface area (Å²) >= 11 is 0. The third-order valence-corrected chi connectivity index (χ3v) is 3.02. The Hall–Kier alpha value is -1.18. The van der Waals surface area contributed by atoms with E-state index in [-0.39, 0.29) is 11.6 Å². The first-order valence-electron chi connectivity index (χ1n) is 6.36. The van der Waals surface area contributed by atoms with Gasteiger partial charge in [-0.1, -0.05) is 26.2 Å². The van der Waals surface area contributed by atoms with Gasteiger partial charge in [0, 0.05) is 12.0 Å². The third kappa shape index (κ3) is 3.95. The number of ketones is 1. The molecule has 0 heterocycles. The quantitative estimate of drug-likeness (QED) is 0.521. The van der Waals surface area contributed by atoms with Crippen LogP contribution in [0.25, 0.3) is 0 Å². The van der Waals surface area contributed by atoms with E-state index in [1.807, 2.05) is 0 Å². The van der Waals surface area contributed by atoms with Crippen molar-refractivity contribution in [3.8, 4) is 0 Å². The Morgan fingerprint density at radius 1 is 1.12 bits per heavy atom. The number of carbonyl (C=O) groups excluding carboxylic acids is 1. The molecule has 17 heavy (non-hydrogen) atoms. The van der Waals surface area contributed by atoms with Gasteiger partial charge in [0.05, 0.1) is 0 Å². The SMILES string of the molecule is CCCCCCC(=O)c1cc(C)c(F)c(C)c1. The number of unbranched alkanes of at least 4 members (excludes halogenated alkanes) is 3. The molecule has 0 radical (unpaired) electrons. The van der Waals surface area contributed by atoms with Crippen LogP contribution in [0, 0.1) is 19.7 Å². The first-order chi connectivity index (χ1) is 8.06. The van der Waals surface area contributed by atoms with Gasteiger partial charge in [0.2, 0.25) is 0 Å². The van der Waals surface area contributed by atoms with Crippen LogP contribution in [0.3, 0.4) is 0 Å². The van der Waals surface area contributed by atoms with E-state index in [2.05, 4.69) is 6.92 Å². The predicted octanol–water partition coefficient (Wildman–Crippen LogP) is 4.60. The van der Waals surface area contributed by atoms with Crippen molar-refractivity contribution in [1.29, 1.82) is 0 Å². The molecule has 0 N–H and O–H groups in total. The summed E-state index contributed by atoms with van der Waals surface area (Å²) in [7, 11) is 0. The molecule has 1 nitrogen and oxygen atoms in total. The summed E-state index contributed by atoms with van der Waals surface area (Å²) < 4.78 is 13.4. The summed E-state index contributed by atoms with van der Waals surface area (Å²) in [6.07, 6.45) is 4.95. The van der Waals surface area contributed by atoms with Gasteiger partial charge in [0.25, 0.3) is 0 Å². The van der Waals surface area contributed by atoms with E-state index < -0.39 is 0 Å². The summed E-state index contributed by atoms with van der Waals surface area (Å²) in [5, 5.41) is 0. The maximum absolute atomic E-state index is 13.4. The largest absolute Gasteiger partial charge is 0.294 e. The van der Waals surface area contributed by atoms with Crippen LogP contribution in [-0.4, -0.2) is 5.78 Å². The van der Waals surface area contributed by atoms with Crippen molar-refractivity contribution in [1.82, 2.24) is 0 Å². The Bertz CT molecular complexity index is 373. The minimum Gasteiger partial charge on any atom is -0.294 e. The molecule has 0 unspecified atom stereocenters. The standard InChI is InChI=1S/C15H21FO/c1-4-5-6-7-8-14(17)13-9-11(2)15(16)12(3)10-13/h9-10H,4-8H2,1-3H3. The van der Waals surface area contributed by atoms with Gasteiger partial charge in [-0.05, 0) is 43.5 Å². The van der Waals surface area contributed by atoms with E-state index in [0.29, 0.717) is 23.1 Å². The highest BCUT2D eigenvalue weighted by molar-refractivity contribution is 5.96. The molecule has 1 rings (SSSR count). The number of rotatable bonds is 6. The minimum absolute atomic E-state index is 0.132. The fourth-order valence-electron chi connectivity index (χ4n) is 1.96. The van der Waals surface area contributed by atoms with Gasteiger partial charge in [-0.15, -0.1) is 0 Å². The van der Waals surface area contributed by atoms with Crippen LogP contribution < -0.4 is 0 Å². The van der Waals surface area contributed by atoms with Crippen LogP contribution >= 0.6 is 0 Å². The number of hydrogen-bond donors (Lipinski definition) is 0. The van der Waals surface area contributed by atoms with E-state index in [4.69, 9.17) is 0 Å². The van der Waals surface area contributed by atoms with Gasteiger partial charge >= 0.3 is 0 Å². The molecule has 0 fully saturated rings. The van der Waals surface area contributed by atoms with Crippen LogP contribution in [-0.2, 0) is 0 Å². The van der Waals surface area contributed by atoms with Gasteiger partial charge < -0.3 is 0 Å². The summed E-state index contributed by atoms with van der Waals surface area (Å²) in [5.41, 5.74) is 1.77. The zero-order valence-corrected chi connectivity index (χ0v) is 11.0. The fourth-order valence-corrected chi connectivity index (χ4v) is 1.96. The van der Waals surface area contributed by atoms with Crippen molar-refractivity contribution < 1.29 is 9.18 Å². The number of carbonyl (C=O) groups is 1. The monoisotopic (exact) mass is 236 g/mol. The van der Waals surface area contributed by atoms with Gasteiger partial charge in [-0.25, -0.2) is 4.39 Å². The smallest absolute Gasteiger partial charge is 0.162 e. The van der Waals surface area contributed by atoms with E-state index in [9.17, 15) is 9.18 Å². The molecule has 0 atom stereocenters. The number of Topliss-reactive ketones (excluding diaryl/α,β-unsaturated/α-hetero) is 1. The molecule has 1 aromatic rings. The molecular formula is C15H21FO. The van der Waals surface area contributed by atoms with E-state index in [1.165, 1.54) is 12.8 Å². The third-order valence-electron chi connectivity index (χ3n) is 3.02. The Kier molecular flexibility index (Phi) is 5.33. The highest BCUT2D eigenvalue weighted by atomic mass is 19.1. The van der Waals surface area contributed by atoms with Crippen LogP contribution in [0.2, 0.25) is 0 Å². The number of benzene rings is 1. The molecule has 0 saturated heterocycles. The van der Waals surface area contributed by atoms with Crippen molar-refractivity contribution in [2.75, 3.05) is 0 Å². The highest BCUT2D eigenvalue weighted by Crippen LogP contribution is 2.17. The second kappa shape index (κ2) is 6.53. The molecule has 94 valence electrons. The average Bonchev–Trinajstić information content (AvgIpc) is 2.30. The molecule has 2 heteroatoms. The molecular weight excluding hydrogens is 215 g/mol. The van der Waals surface area contributed by atoms with Crippen LogP contribution in [0.1, 0.15) is 60.5 Å². The van der Waals surface area contributed by atoms with Crippen molar-refractivity contribution in [3.05, 3.63) is 34.6 Å². The summed E-state index contributed by atoms with van der Waals surface area (Å²) in [5.74, 6) is -0.0696. The van der Waals surface area contributed by atoms with Crippen molar-refractivity contribution in [2.45, 2.75) is 52.9 Å². The van der Waals surface area contributed by atoms with Crippen LogP contribution in [0.4, 0.5) is 4.39 Å². The van der Waals surface area contributed by atoms with E-state index in [1.54, 1.807) is 26.0 Å². The molecule has 0 aromatic heterocycles. The first kappa shape index (κ1) is 13.9. The second-order valence-corrected chi connectivity index (χ2v) is 4.66. The van der Waals surface area contributed by atoms with E-state index >= 15 is 0 Å². The van der Waals surface area contributed by atoms with Gasteiger partial charge in [0.15, 0.2) is 5.78 Å². The zero-order chi connectivity index (χ0) is 12.8. The molecule has 0 saturated carbocycles. The van der Waals surface area contributed by atoms with Crippen LogP contribution in [0.15, 0.2) is 12.1 Å². The van der Waals surface area contributed by atoms with Gasteiger partial charge in [-0.2, -0.15) is 0 Å². The molecule has 0 bridgehead atoms. The molecule has 0 aliphatic carbocycles. The van der Waals surface area contributed by atoms with E-state index in [0.717, 1.165) is 12.8 Å². The highest BCUT2D eigenvalue weighted by Gasteiger charge is 2.10. The summed E-state index contributed by atoms with van der Waals surface area (Å²) in [4.78, 5) is 11.9. The molecule has 0 spiro atoms. The minimum atomic E-state index is -0.201. The lowest BCUT2D eigenvalue weighted by Crippen LogP contribution is -2.02. The Balaban J connectivity index is 2.63. The maximum atomic E-state index is 13.4. The lowest BCUT2D eigenvalue weighted by Gasteiger charge is -2.06. The zero-order valence-electron chi connectivity index (χ0n) is 11.0. The number of halogens is 1. The fraction of sp³-hybridized carbons (Fsp3) is 0.533. The molecule has 1 aromatic carbocycles. The number of hydrogen-bond acceptors (Lipinski definition) is 1. The maximum Gasteiger partial charge on any atom is 0.162 e. The van der Waals surface area contributed by atoms with Gasteiger partial charge in [0.1, 0.15) is 5.82 Å². The molecule has 0 amide bonds. The van der Waals surface area contributed by atoms with Gasteiger partial charge in [-0.3, -0.25) is 4.79 Å². The Labute approximate surface area is 103 Å². The lowest BCUT2D eigenvalue weighted by molar-refractivity contribution is 0.0979. The predicted molar refractivity (Wildman–Crippen MR) is 69.0 cm³/mol. The summed E-state index contributed by atoms with van der Waals surface area (Å²) in [6, 6.07) is 3.31. The Morgan fingerprint density at radius 2 is 1.71 bits per heavy atom. The van der Waals surface area contributed by atoms with Crippen molar-refractivity contribution in [2.24, 2.45) is 0 Å². The van der Waals surface area contributed by atoms with Crippen molar-refractivity contribution in [3.63, 3.8) is 0 Å². The van der Waals surface area contributed by atoms with Crippen molar-refractivity contribution >= 4 is 5.78 Å². The first-order valence-corrected chi connectivity index (χ1v) is 6.36. The normalized spacial score (nSPS) is 10.6. The number of aryl methyl sites for hydroxylation is 2. The molecule has 0 aliphatic heterocycles. The topological polar surface area (TPSA) is 17.1 Å². The Morgan fingerprint density at radius 3 is 2.24 bits per heavy atom. The lowest BCUT2D eigenvalue weighted by atomic mass is 10.00. The average molecular weight is 236 g/mol. The van der Waals surface area contributed by atoms with Crippen LogP contribution in [0.5, 0.6) is 0 Å².